The van der Waals surface area contributed by atoms with Crippen LogP contribution in [0.5, 0.6) is 0 Å². The highest BCUT2D eigenvalue weighted by molar-refractivity contribution is 6.31. The number of carbonyl (C=O) groups is 1. The van der Waals surface area contributed by atoms with Crippen LogP contribution in [0.4, 0.5) is 5.69 Å². The van der Waals surface area contributed by atoms with Gasteiger partial charge in [-0.25, -0.2) is 0 Å². The van der Waals surface area contributed by atoms with Crippen LogP contribution < -0.4 is 5.32 Å². The van der Waals surface area contributed by atoms with Crippen molar-refractivity contribution in [3.8, 4) is 0 Å². The summed E-state index contributed by atoms with van der Waals surface area (Å²) >= 11 is 11.9. The summed E-state index contributed by atoms with van der Waals surface area (Å²) in [5.41, 5.74) is 1.68. The first-order valence-electron chi connectivity index (χ1n) is 5.94. The molecular formula is C15H13Cl2NO. The van der Waals surface area contributed by atoms with Crippen LogP contribution in [0, 0.1) is 0 Å². The predicted octanol–water partition coefficient (Wildman–Crippen LogP) is 4.56. The van der Waals surface area contributed by atoms with Gasteiger partial charge in [0.25, 0.3) is 0 Å². The molecule has 2 rings (SSSR count). The van der Waals surface area contributed by atoms with Gasteiger partial charge in [-0.05, 0) is 36.2 Å². The summed E-state index contributed by atoms with van der Waals surface area (Å²) < 4.78 is 0. The molecule has 0 saturated heterocycles. The molecule has 0 radical (unpaired) electrons. The normalized spacial score (nSPS) is 10.2. The van der Waals surface area contributed by atoms with E-state index in [9.17, 15) is 4.79 Å². The minimum Gasteiger partial charge on any atom is -0.326 e. The molecule has 19 heavy (non-hydrogen) atoms. The van der Waals surface area contributed by atoms with Gasteiger partial charge in [0.15, 0.2) is 0 Å². The second kappa shape index (κ2) is 6.60. The van der Waals surface area contributed by atoms with E-state index in [1.807, 2.05) is 24.3 Å². The molecule has 2 aromatic rings. The summed E-state index contributed by atoms with van der Waals surface area (Å²) in [6.45, 7) is 0. The van der Waals surface area contributed by atoms with E-state index in [0.29, 0.717) is 28.6 Å². The van der Waals surface area contributed by atoms with Crippen molar-refractivity contribution in [3.63, 3.8) is 0 Å². The van der Waals surface area contributed by atoms with Crippen LogP contribution in [0.1, 0.15) is 12.0 Å². The van der Waals surface area contributed by atoms with E-state index in [2.05, 4.69) is 5.32 Å². The number of benzene rings is 2. The zero-order valence-corrected chi connectivity index (χ0v) is 11.7. The van der Waals surface area contributed by atoms with E-state index in [4.69, 9.17) is 23.2 Å². The molecule has 1 N–H and O–H groups in total. The number of nitrogens with one attached hydrogen (secondary N) is 1. The van der Waals surface area contributed by atoms with E-state index < -0.39 is 0 Å². The van der Waals surface area contributed by atoms with E-state index >= 15 is 0 Å². The van der Waals surface area contributed by atoms with Gasteiger partial charge in [-0.3, -0.25) is 4.79 Å². The Balaban J connectivity index is 1.90. The smallest absolute Gasteiger partial charge is 0.224 e. The second-order valence-corrected chi connectivity index (χ2v) is 4.99. The fourth-order valence-electron chi connectivity index (χ4n) is 1.74. The Morgan fingerprint density at radius 2 is 1.84 bits per heavy atom. The molecule has 0 heterocycles. The number of hydrogen-bond donors (Lipinski definition) is 1. The Morgan fingerprint density at radius 3 is 2.58 bits per heavy atom. The quantitative estimate of drug-likeness (QED) is 0.879. The molecule has 0 aliphatic heterocycles. The molecule has 0 atom stereocenters. The van der Waals surface area contributed by atoms with Crippen LogP contribution in [-0.4, -0.2) is 5.91 Å². The number of hydrogen-bond acceptors (Lipinski definition) is 1. The molecular weight excluding hydrogens is 281 g/mol. The lowest BCUT2D eigenvalue weighted by Crippen LogP contribution is -2.12. The van der Waals surface area contributed by atoms with Gasteiger partial charge in [0.05, 0.1) is 0 Å². The van der Waals surface area contributed by atoms with Crippen LogP contribution in [-0.2, 0) is 11.2 Å². The molecule has 0 bridgehead atoms. The minimum absolute atomic E-state index is 0.0535. The summed E-state index contributed by atoms with van der Waals surface area (Å²) in [5, 5.41) is 4.10. The standard InChI is InChI=1S/C15H13Cl2NO/c16-12-5-3-6-13(10-12)18-15(19)9-8-11-4-1-2-7-14(11)17/h1-7,10H,8-9H2,(H,18,19). The average molecular weight is 294 g/mol. The SMILES string of the molecule is O=C(CCc1ccccc1Cl)Nc1cccc(Cl)c1. The second-order valence-electron chi connectivity index (χ2n) is 4.15. The maximum absolute atomic E-state index is 11.8. The van der Waals surface area contributed by atoms with Crippen LogP contribution >= 0.6 is 23.2 Å². The molecule has 1 amide bonds. The van der Waals surface area contributed by atoms with Crippen molar-refractivity contribution in [1.29, 1.82) is 0 Å². The lowest BCUT2D eigenvalue weighted by molar-refractivity contribution is -0.116. The average Bonchev–Trinajstić information content (AvgIpc) is 2.38. The minimum atomic E-state index is -0.0535. The van der Waals surface area contributed by atoms with E-state index in [-0.39, 0.29) is 5.91 Å². The Morgan fingerprint density at radius 1 is 1.05 bits per heavy atom. The van der Waals surface area contributed by atoms with Gasteiger partial charge >= 0.3 is 0 Å². The van der Waals surface area contributed by atoms with E-state index in [0.717, 1.165) is 5.56 Å². The fourth-order valence-corrected chi connectivity index (χ4v) is 2.16. The number of carbonyl (C=O) groups excluding carboxylic acids is 1. The molecule has 0 unspecified atom stereocenters. The molecule has 98 valence electrons. The maximum atomic E-state index is 11.8. The van der Waals surface area contributed by atoms with Gasteiger partial charge in [0.2, 0.25) is 5.91 Å². The topological polar surface area (TPSA) is 29.1 Å². The van der Waals surface area contributed by atoms with Crippen LogP contribution in [0.15, 0.2) is 48.5 Å². The Kier molecular flexibility index (Phi) is 4.83. The van der Waals surface area contributed by atoms with Crippen molar-refractivity contribution >= 4 is 34.8 Å². The number of aryl methyl sites for hydroxylation is 1. The summed E-state index contributed by atoms with van der Waals surface area (Å²) in [5.74, 6) is -0.0535. The molecule has 0 saturated carbocycles. The van der Waals surface area contributed by atoms with Gasteiger partial charge in [-0.1, -0.05) is 47.5 Å². The van der Waals surface area contributed by atoms with Crippen molar-refractivity contribution < 1.29 is 4.79 Å². The summed E-state index contributed by atoms with van der Waals surface area (Å²) in [6.07, 6.45) is 1.00. The molecule has 2 nitrogen and oxygen atoms in total. The van der Waals surface area contributed by atoms with Gasteiger partial charge in [-0.2, -0.15) is 0 Å². The van der Waals surface area contributed by atoms with Crippen LogP contribution in [0.2, 0.25) is 10.0 Å². The van der Waals surface area contributed by atoms with Gasteiger partial charge in [0.1, 0.15) is 0 Å². The highest BCUT2D eigenvalue weighted by atomic mass is 35.5. The zero-order chi connectivity index (χ0) is 13.7. The van der Waals surface area contributed by atoms with Gasteiger partial charge < -0.3 is 5.32 Å². The Labute approximate surface area is 122 Å². The third-order valence-electron chi connectivity index (χ3n) is 2.69. The zero-order valence-electron chi connectivity index (χ0n) is 10.2. The lowest BCUT2D eigenvalue weighted by atomic mass is 10.1. The third-order valence-corrected chi connectivity index (χ3v) is 3.29. The summed E-state index contributed by atoms with van der Waals surface area (Å²) in [4.78, 5) is 11.8. The fraction of sp³-hybridized carbons (Fsp3) is 0.133. The van der Waals surface area contributed by atoms with Gasteiger partial charge in [-0.15, -0.1) is 0 Å². The molecule has 0 fully saturated rings. The summed E-state index contributed by atoms with van der Waals surface area (Å²) in [7, 11) is 0. The number of halogens is 2. The summed E-state index contributed by atoms with van der Waals surface area (Å²) in [6, 6.07) is 14.6. The molecule has 0 aromatic heterocycles. The molecule has 0 spiro atoms. The highest BCUT2D eigenvalue weighted by Crippen LogP contribution is 2.18. The van der Waals surface area contributed by atoms with Crippen molar-refractivity contribution in [3.05, 3.63) is 64.1 Å². The van der Waals surface area contributed by atoms with Gasteiger partial charge in [0, 0.05) is 22.2 Å². The molecule has 2 aromatic carbocycles. The first kappa shape index (κ1) is 13.9. The number of rotatable bonds is 4. The molecule has 0 aliphatic carbocycles. The molecule has 0 aliphatic rings. The number of anilines is 1. The highest BCUT2D eigenvalue weighted by Gasteiger charge is 2.05. The van der Waals surface area contributed by atoms with Crippen molar-refractivity contribution in [2.24, 2.45) is 0 Å². The van der Waals surface area contributed by atoms with E-state index in [1.54, 1.807) is 24.3 Å². The number of amides is 1. The van der Waals surface area contributed by atoms with Crippen molar-refractivity contribution in [2.45, 2.75) is 12.8 Å². The van der Waals surface area contributed by atoms with Crippen LogP contribution in [0.3, 0.4) is 0 Å². The Bertz CT molecular complexity index is 584. The Hall–Kier alpha value is -1.51. The van der Waals surface area contributed by atoms with Crippen molar-refractivity contribution in [1.82, 2.24) is 0 Å². The van der Waals surface area contributed by atoms with Crippen LogP contribution in [0.25, 0.3) is 0 Å². The molecule has 4 heteroatoms. The third kappa shape index (κ3) is 4.27. The van der Waals surface area contributed by atoms with E-state index in [1.165, 1.54) is 0 Å². The lowest BCUT2D eigenvalue weighted by Gasteiger charge is -2.06. The first-order valence-corrected chi connectivity index (χ1v) is 6.69. The van der Waals surface area contributed by atoms with Crippen molar-refractivity contribution in [2.75, 3.05) is 5.32 Å². The monoisotopic (exact) mass is 293 g/mol. The largest absolute Gasteiger partial charge is 0.326 e. The predicted molar refractivity (Wildman–Crippen MR) is 79.9 cm³/mol. The first-order chi connectivity index (χ1) is 9.15. The maximum Gasteiger partial charge on any atom is 0.224 e.